The second kappa shape index (κ2) is 7.68. The largest absolute Gasteiger partial charge is 0.348 e. The standard InChI is InChI=1S/C19H21ClN2O3S/c1-26(24,25)22(16-9-5-8-15(20)12-16)13-19(23)21-18-11-4-7-14-6-2-3-10-17(14)18/h2-3,5-6,8-10,12,18H,4,7,11,13H2,1H3,(H,21,23)/t18-/m1/s1. The highest BCUT2D eigenvalue weighted by Crippen LogP contribution is 2.29. The lowest BCUT2D eigenvalue weighted by Gasteiger charge is -2.28. The average molecular weight is 393 g/mol. The van der Waals surface area contributed by atoms with Crippen LogP contribution in [-0.4, -0.2) is 27.1 Å². The number of sulfonamides is 1. The molecule has 138 valence electrons. The van der Waals surface area contributed by atoms with E-state index in [1.807, 2.05) is 18.2 Å². The monoisotopic (exact) mass is 392 g/mol. The van der Waals surface area contributed by atoms with Gasteiger partial charge in [0.15, 0.2) is 0 Å². The van der Waals surface area contributed by atoms with Gasteiger partial charge in [0, 0.05) is 5.02 Å². The summed E-state index contributed by atoms with van der Waals surface area (Å²) in [6.07, 6.45) is 3.92. The van der Waals surface area contributed by atoms with Gasteiger partial charge in [-0.2, -0.15) is 0 Å². The zero-order chi connectivity index (χ0) is 18.7. The van der Waals surface area contributed by atoms with E-state index in [9.17, 15) is 13.2 Å². The maximum atomic E-state index is 12.6. The van der Waals surface area contributed by atoms with Crippen molar-refractivity contribution >= 4 is 33.2 Å². The number of carbonyl (C=O) groups is 1. The van der Waals surface area contributed by atoms with Crippen LogP contribution in [0.2, 0.25) is 5.02 Å². The Labute approximate surface area is 159 Å². The van der Waals surface area contributed by atoms with E-state index in [4.69, 9.17) is 11.6 Å². The van der Waals surface area contributed by atoms with E-state index in [1.165, 1.54) is 11.6 Å². The van der Waals surface area contributed by atoms with Crippen LogP contribution in [0.1, 0.15) is 30.0 Å². The highest BCUT2D eigenvalue weighted by Gasteiger charge is 2.25. The maximum absolute atomic E-state index is 12.6. The molecule has 1 aliphatic rings. The Morgan fingerprint density at radius 3 is 2.73 bits per heavy atom. The molecule has 0 aliphatic heterocycles. The van der Waals surface area contributed by atoms with Gasteiger partial charge in [0.05, 0.1) is 18.0 Å². The number of aryl methyl sites for hydroxylation is 1. The molecule has 26 heavy (non-hydrogen) atoms. The van der Waals surface area contributed by atoms with E-state index >= 15 is 0 Å². The number of hydrogen-bond donors (Lipinski definition) is 1. The van der Waals surface area contributed by atoms with Gasteiger partial charge in [0.2, 0.25) is 15.9 Å². The number of nitrogens with zero attached hydrogens (tertiary/aromatic N) is 1. The fourth-order valence-corrected chi connectivity index (χ4v) is 4.34. The van der Waals surface area contributed by atoms with E-state index < -0.39 is 10.0 Å². The van der Waals surface area contributed by atoms with E-state index in [1.54, 1.807) is 18.2 Å². The number of nitrogens with one attached hydrogen (secondary N) is 1. The van der Waals surface area contributed by atoms with Crippen LogP contribution in [-0.2, 0) is 21.2 Å². The Morgan fingerprint density at radius 1 is 1.23 bits per heavy atom. The van der Waals surface area contributed by atoms with Crippen LogP contribution < -0.4 is 9.62 Å². The van der Waals surface area contributed by atoms with Gasteiger partial charge in [-0.3, -0.25) is 9.10 Å². The second-order valence-corrected chi connectivity index (χ2v) is 8.80. The molecular formula is C19H21ClN2O3S. The van der Waals surface area contributed by atoms with Crippen molar-refractivity contribution in [3.05, 3.63) is 64.7 Å². The summed E-state index contributed by atoms with van der Waals surface area (Å²) in [5, 5.41) is 3.40. The minimum Gasteiger partial charge on any atom is -0.348 e. The molecule has 1 aliphatic carbocycles. The summed E-state index contributed by atoms with van der Waals surface area (Å²) in [5.41, 5.74) is 2.72. The van der Waals surface area contributed by atoms with Crippen molar-refractivity contribution in [3.8, 4) is 0 Å². The third-order valence-electron chi connectivity index (χ3n) is 4.49. The topological polar surface area (TPSA) is 66.5 Å². The van der Waals surface area contributed by atoms with Crippen molar-refractivity contribution in [1.29, 1.82) is 0 Å². The molecule has 1 N–H and O–H groups in total. The number of amides is 1. The summed E-state index contributed by atoms with van der Waals surface area (Å²) in [5.74, 6) is -0.336. The number of rotatable bonds is 5. The smallest absolute Gasteiger partial charge is 0.241 e. The lowest BCUT2D eigenvalue weighted by molar-refractivity contribution is -0.120. The molecule has 1 atom stereocenters. The highest BCUT2D eigenvalue weighted by atomic mass is 35.5. The summed E-state index contributed by atoms with van der Waals surface area (Å²) >= 11 is 5.97. The molecule has 2 aromatic carbocycles. The van der Waals surface area contributed by atoms with Crippen LogP contribution in [0.3, 0.4) is 0 Å². The van der Waals surface area contributed by atoms with Crippen LogP contribution in [0.5, 0.6) is 0 Å². The lowest BCUT2D eigenvalue weighted by atomic mass is 9.88. The van der Waals surface area contributed by atoms with Gasteiger partial charge in [-0.15, -0.1) is 0 Å². The Morgan fingerprint density at radius 2 is 2.00 bits per heavy atom. The van der Waals surface area contributed by atoms with Gasteiger partial charge in [0.1, 0.15) is 6.54 Å². The molecule has 0 spiro atoms. The van der Waals surface area contributed by atoms with Gasteiger partial charge < -0.3 is 5.32 Å². The zero-order valence-corrected chi connectivity index (χ0v) is 16.1. The van der Waals surface area contributed by atoms with E-state index in [2.05, 4.69) is 11.4 Å². The SMILES string of the molecule is CS(=O)(=O)N(CC(=O)N[C@@H]1CCCc2ccccc21)c1cccc(Cl)c1. The van der Waals surface area contributed by atoms with Gasteiger partial charge in [-0.05, 0) is 48.6 Å². The Balaban J connectivity index is 1.77. The predicted molar refractivity (Wildman–Crippen MR) is 104 cm³/mol. The highest BCUT2D eigenvalue weighted by molar-refractivity contribution is 7.92. The minimum absolute atomic E-state index is 0.0896. The fraction of sp³-hybridized carbons (Fsp3) is 0.316. The minimum atomic E-state index is -3.62. The lowest BCUT2D eigenvalue weighted by Crippen LogP contribution is -2.42. The number of hydrogen-bond acceptors (Lipinski definition) is 3. The van der Waals surface area contributed by atoms with Gasteiger partial charge in [0.25, 0.3) is 0 Å². The normalized spacial score (nSPS) is 16.6. The fourth-order valence-electron chi connectivity index (χ4n) is 3.31. The molecule has 0 heterocycles. The van der Waals surface area contributed by atoms with Gasteiger partial charge in [-0.25, -0.2) is 8.42 Å². The first kappa shape index (κ1) is 18.7. The van der Waals surface area contributed by atoms with Crippen LogP contribution >= 0.6 is 11.6 Å². The molecule has 7 heteroatoms. The Bertz CT molecular complexity index is 915. The second-order valence-electron chi connectivity index (χ2n) is 6.46. The molecule has 1 amide bonds. The van der Waals surface area contributed by atoms with Gasteiger partial charge >= 0.3 is 0 Å². The van der Waals surface area contributed by atoms with Crippen molar-refractivity contribution in [3.63, 3.8) is 0 Å². The summed E-state index contributed by atoms with van der Waals surface area (Å²) in [4.78, 5) is 12.6. The summed E-state index contributed by atoms with van der Waals surface area (Å²) < 4.78 is 25.4. The molecule has 0 fully saturated rings. The predicted octanol–water partition coefficient (Wildman–Crippen LogP) is 3.30. The quantitative estimate of drug-likeness (QED) is 0.848. The van der Waals surface area contributed by atoms with E-state index in [0.29, 0.717) is 10.7 Å². The molecule has 0 unspecified atom stereocenters. The first-order chi connectivity index (χ1) is 12.3. The van der Waals surface area contributed by atoms with Crippen molar-refractivity contribution < 1.29 is 13.2 Å². The van der Waals surface area contributed by atoms with Crippen molar-refractivity contribution in [2.24, 2.45) is 0 Å². The Kier molecular flexibility index (Phi) is 5.53. The molecule has 0 bridgehead atoms. The number of benzene rings is 2. The van der Waals surface area contributed by atoms with Crippen LogP contribution in [0.25, 0.3) is 0 Å². The molecule has 0 saturated heterocycles. The molecular weight excluding hydrogens is 372 g/mol. The molecule has 0 radical (unpaired) electrons. The third-order valence-corrected chi connectivity index (χ3v) is 5.86. The number of halogens is 1. The number of fused-ring (bicyclic) bond motifs is 1. The summed E-state index contributed by atoms with van der Waals surface area (Å²) in [6.45, 7) is -0.280. The molecule has 3 rings (SSSR count). The maximum Gasteiger partial charge on any atom is 0.241 e. The van der Waals surface area contributed by atoms with E-state index in [0.717, 1.165) is 35.4 Å². The van der Waals surface area contributed by atoms with Crippen molar-refractivity contribution in [2.45, 2.75) is 25.3 Å². The van der Waals surface area contributed by atoms with Gasteiger partial charge in [-0.1, -0.05) is 41.9 Å². The van der Waals surface area contributed by atoms with Crippen LogP contribution in [0.15, 0.2) is 48.5 Å². The summed E-state index contributed by atoms with van der Waals surface area (Å²) in [7, 11) is -3.62. The van der Waals surface area contributed by atoms with Crippen LogP contribution in [0.4, 0.5) is 5.69 Å². The molecule has 0 aromatic heterocycles. The average Bonchev–Trinajstić information content (AvgIpc) is 2.59. The number of carbonyl (C=O) groups excluding carboxylic acids is 1. The van der Waals surface area contributed by atoms with E-state index in [-0.39, 0.29) is 18.5 Å². The van der Waals surface area contributed by atoms with Crippen LogP contribution in [0, 0.1) is 0 Å². The Hall–Kier alpha value is -2.05. The third kappa shape index (κ3) is 4.37. The van der Waals surface area contributed by atoms with Crippen molar-refractivity contribution in [2.75, 3.05) is 17.1 Å². The summed E-state index contributed by atoms with van der Waals surface area (Å²) in [6, 6.07) is 14.4. The zero-order valence-electron chi connectivity index (χ0n) is 14.5. The molecule has 0 saturated carbocycles. The molecule has 5 nitrogen and oxygen atoms in total. The first-order valence-electron chi connectivity index (χ1n) is 8.45. The van der Waals surface area contributed by atoms with Crippen molar-refractivity contribution in [1.82, 2.24) is 5.32 Å². The first-order valence-corrected chi connectivity index (χ1v) is 10.7. The molecule has 2 aromatic rings. The number of anilines is 1.